The quantitative estimate of drug-likeness (QED) is 0.473. The summed E-state index contributed by atoms with van der Waals surface area (Å²) >= 11 is 9.65. The highest BCUT2D eigenvalue weighted by Crippen LogP contribution is 2.36. The van der Waals surface area contributed by atoms with Gasteiger partial charge in [-0.2, -0.15) is 0 Å². The van der Waals surface area contributed by atoms with Crippen LogP contribution < -0.4 is 0 Å². The average molecular weight is 454 g/mol. The fourth-order valence-corrected chi connectivity index (χ4v) is 5.35. The number of aliphatic hydroxyl groups is 4. The van der Waals surface area contributed by atoms with Gasteiger partial charge in [0.15, 0.2) is 0 Å². The molecule has 0 aliphatic carbocycles. The zero-order valence-electron chi connectivity index (χ0n) is 15.2. The van der Waals surface area contributed by atoms with Crippen LogP contribution in [0, 0.1) is 0 Å². The highest BCUT2D eigenvalue weighted by Gasteiger charge is 2.44. The second kappa shape index (κ2) is 8.79. The van der Waals surface area contributed by atoms with E-state index in [1.807, 2.05) is 12.3 Å². The lowest BCUT2D eigenvalue weighted by molar-refractivity contribution is -0.231. The van der Waals surface area contributed by atoms with Crippen LogP contribution in [-0.4, -0.2) is 56.4 Å². The monoisotopic (exact) mass is 453 g/mol. The van der Waals surface area contributed by atoms with Crippen molar-refractivity contribution in [3.05, 3.63) is 63.1 Å². The van der Waals surface area contributed by atoms with Crippen LogP contribution in [-0.2, 0) is 11.2 Å². The van der Waals surface area contributed by atoms with Crippen LogP contribution in [0.3, 0.4) is 0 Å². The number of aromatic nitrogens is 1. The average Bonchev–Trinajstić information content (AvgIpc) is 3.40. The molecule has 1 aliphatic rings. The Morgan fingerprint density at radius 2 is 1.86 bits per heavy atom. The van der Waals surface area contributed by atoms with E-state index in [4.69, 9.17) is 16.3 Å². The third-order valence-corrected chi connectivity index (χ3v) is 7.41. The predicted octanol–water partition coefficient (Wildman–Crippen LogP) is 2.63. The molecule has 9 heteroatoms. The van der Waals surface area contributed by atoms with Crippen molar-refractivity contribution in [1.29, 1.82) is 0 Å². The van der Waals surface area contributed by atoms with Gasteiger partial charge in [0.05, 0.1) is 17.0 Å². The molecule has 0 saturated carbocycles. The molecular weight excluding hydrogens is 434 g/mol. The van der Waals surface area contributed by atoms with Crippen molar-refractivity contribution in [2.45, 2.75) is 36.9 Å². The number of hydrogen-bond acceptors (Lipinski definition) is 8. The second-order valence-corrected chi connectivity index (χ2v) is 9.37. The number of nitrogens with zero attached hydrogens (tertiary/aromatic N) is 1. The predicted molar refractivity (Wildman–Crippen MR) is 112 cm³/mol. The summed E-state index contributed by atoms with van der Waals surface area (Å²) in [5.74, 6) is 0. The number of hydrogen-bond donors (Lipinski definition) is 4. The van der Waals surface area contributed by atoms with E-state index >= 15 is 0 Å². The number of thiophene rings is 1. The van der Waals surface area contributed by atoms with Gasteiger partial charge in [-0.15, -0.1) is 22.7 Å². The highest BCUT2D eigenvalue weighted by atomic mass is 35.5. The third kappa shape index (κ3) is 4.26. The Hall–Kier alpha value is -1.36. The van der Waals surface area contributed by atoms with Gasteiger partial charge in [-0.3, -0.25) is 4.98 Å². The van der Waals surface area contributed by atoms with Gasteiger partial charge >= 0.3 is 0 Å². The first-order chi connectivity index (χ1) is 14.0. The molecule has 4 rings (SSSR count). The van der Waals surface area contributed by atoms with Crippen molar-refractivity contribution in [2.75, 3.05) is 6.61 Å². The van der Waals surface area contributed by atoms with Gasteiger partial charge in [0.1, 0.15) is 30.5 Å². The molecule has 6 nitrogen and oxygen atoms in total. The van der Waals surface area contributed by atoms with Gasteiger partial charge in [-0.05, 0) is 29.3 Å². The van der Waals surface area contributed by atoms with Gasteiger partial charge in [-0.1, -0.05) is 23.7 Å². The summed E-state index contributed by atoms with van der Waals surface area (Å²) in [5.41, 5.74) is 3.29. The van der Waals surface area contributed by atoms with Crippen LogP contribution >= 0.6 is 34.3 Å². The molecule has 1 saturated heterocycles. The Balaban J connectivity index is 1.58. The number of ether oxygens (including phenoxy) is 1. The standard InChI is InChI=1S/C20H20ClNO5S2/c21-13-3-1-10(20-19(26)18(25)17(24)14(8-23)27-20)5-11(13)6-12-2-4-15(29-12)16-7-22-9-28-16/h1-5,7,9,14,17-20,23-26H,6,8H2/t14-,17-,18+,19-,20?/m1/s1. The van der Waals surface area contributed by atoms with E-state index in [9.17, 15) is 20.4 Å². The molecule has 154 valence electrons. The van der Waals surface area contributed by atoms with Crippen LogP contribution in [0.1, 0.15) is 22.1 Å². The lowest BCUT2D eigenvalue weighted by Gasteiger charge is -2.40. The Kier molecular flexibility index (Phi) is 6.33. The minimum Gasteiger partial charge on any atom is -0.394 e. The van der Waals surface area contributed by atoms with E-state index in [0.717, 1.165) is 20.2 Å². The van der Waals surface area contributed by atoms with Crippen LogP contribution in [0.25, 0.3) is 9.75 Å². The van der Waals surface area contributed by atoms with E-state index in [2.05, 4.69) is 17.1 Å². The van der Waals surface area contributed by atoms with Crippen molar-refractivity contribution in [3.63, 3.8) is 0 Å². The molecule has 1 aromatic carbocycles. The zero-order valence-corrected chi connectivity index (χ0v) is 17.6. The summed E-state index contributed by atoms with van der Waals surface area (Å²) in [5, 5.41) is 40.4. The molecule has 0 radical (unpaired) electrons. The van der Waals surface area contributed by atoms with Crippen molar-refractivity contribution >= 4 is 34.3 Å². The van der Waals surface area contributed by atoms with Crippen molar-refractivity contribution < 1.29 is 25.2 Å². The summed E-state index contributed by atoms with van der Waals surface area (Å²) in [4.78, 5) is 7.49. The van der Waals surface area contributed by atoms with Gasteiger partial charge in [0, 0.05) is 27.4 Å². The largest absolute Gasteiger partial charge is 0.394 e. The maximum atomic E-state index is 10.4. The fraction of sp³-hybridized carbons (Fsp3) is 0.350. The topological polar surface area (TPSA) is 103 Å². The number of benzene rings is 1. The second-order valence-electron chi connectivity index (χ2n) is 6.91. The maximum absolute atomic E-state index is 10.4. The molecule has 1 unspecified atom stereocenters. The SMILES string of the molecule is OC[C@H]1OC(c2ccc(Cl)c(Cc3ccc(-c4cncs4)s3)c2)[C@H](O)[C@@H](O)[C@@H]1O. The molecule has 1 fully saturated rings. The summed E-state index contributed by atoms with van der Waals surface area (Å²) in [6.07, 6.45) is -3.49. The van der Waals surface area contributed by atoms with E-state index < -0.39 is 37.1 Å². The Bertz CT molecular complexity index is 962. The van der Waals surface area contributed by atoms with Gasteiger partial charge in [0.25, 0.3) is 0 Å². The van der Waals surface area contributed by atoms with E-state index in [-0.39, 0.29) is 0 Å². The molecular formula is C20H20ClNO5S2. The Morgan fingerprint density at radius 1 is 1.03 bits per heavy atom. The third-order valence-electron chi connectivity index (χ3n) is 4.99. The molecule has 0 spiro atoms. The summed E-state index contributed by atoms with van der Waals surface area (Å²) < 4.78 is 5.66. The lowest BCUT2D eigenvalue weighted by Crippen LogP contribution is -2.55. The molecule has 5 atom stereocenters. The Labute approximate surface area is 180 Å². The molecule has 3 aromatic rings. The molecule has 29 heavy (non-hydrogen) atoms. The van der Waals surface area contributed by atoms with Gasteiger partial charge in [-0.25, -0.2) is 0 Å². The van der Waals surface area contributed by atoms with Crippen LogP contribution in [0.4, 0.5) is 0 Å². The van der Waals surface area contributed by atoms with Crippen LogP contribution in [0.15, 0.2) is 42.0 Å². The molecule has 2 aromatic heterocycles. The van der Waals surface area contributed by atoms with Crippen molar-refractivity contribution in [3.8, 4) is 9.75 Å². The normalized spacial score (nSPS) is 27.3. The zero-order chi connectivity index (χ0) is 20.5. The molecule has 1 aliphatic heterocycles. The van der Waals surface area contributed by atoms with Gasteiger partial charge in [0.2, 0.25) is 0 Å². The molecule has 4 N–H and O–H groups in total. The fourth-order valence-electron chi connectivity index (χ4n) is 3.41. The molecule has 0 amide bonds. The van der Waals surface area contributed by atoms with E-state index in [1.165, 1.54) is 0 Å². The van der Waals surface area contributed by atoms with Crippen LogP contribution in [0.5, 0.6) is 0 Å². The number of aliphatic hydroxyl groups excluding tert-OH is 4. The summed E-state index contributed by atoms with van der Waals surface area (Å²) in [6, 6.07) is 9.39. The first-order valence-electron chi connectivity index (χ1n) is 9.04. The molecule has 0 bridgehead atoms. The number of rotatable bonds is 5. The summed E-state index contributed by atoms with van der Waals surface area (Å²) in [7, 11) is 0. The van der Waals surface area contributed by atoms with Crippen LogP contribution in [0.2, 0.25) is 5.02 Å². The first-order valence-corrected chi connectivity index (χ1v) is 11.1. The van der Waals surface area contributed by atoms with E-state index in [1.54, 1.807) is 40.3 Å². The smallest absolute Gasteiger partial charge is 0.113 e. The molecule has 3 heterocycles. The lowest BCUT2D eigenvalue weighted by atomic mass is 9.90. The van der Waals surface area contributed by atoms with E-state index in [0.29, 0.717) is 17.0 Å². The Morgan fingerprint density at radius 3 is 2.59 bits per heavy atom. The first kappa shape index (κ1) is 20.9. The minimum atomic E-state index is -1.41. The maximum Gasteiger partial charge on any atom is 0.113 e. The minimum absolute atomic E-state index is 0.461. The highest BCUT2D eigenvalue weighted by molar-refractivity contribution is 7.21. The van der Waals surface area contributed by atoms with Crippen molar-refractivity contribution in [2.24, 2.45) is 0 Å². The van der Waals surface area contributed by atoms with Crippen molar-refractivity contribution in [1.82, 2.24) is 4.98 Å². The van der Waals surface area contributed by atoms with Gasteiger partial charge < -0.3 is 25.2 Å². The number of halogens is 1. The number of thiazole rings is 1. The summed E-state index contributed by atoms with van der Waals surface area (Å²) in [6.45, 7) is -0.461.